The summed E-state index contributed by atoms with van der Waals surface area (Å²) in [5.74, 6) is -3.30. The predicted octanol–water partition coefficient (Wildman–Crippen LogP) is 2.17. The number of benzene rings is 2. The zero-order chi connectivity index (χ0) is 32.7. The van der Waals surface area contributed by atoms with Crippen molar-refractivity contribution in [3.8, 4) is 17.2 Å². The average molecular weight is 614 g/mol. The molecule has 1 aliphatic heterocycles. The van der Waals surface area contributed by atoms with Crippen molar-refractivity contribution < 1.29 is 48.3 Å². The maximum atomic E-state index is 14.5. The van der Waals surface area contributed by atoms with Crippen LogP contribution in [-0.4, -0.2) is 102 Å². The van der Waals surface area contributed by atoms with Crippen molar-refractivity contribution in [2.45, 2.75) is 45.4 Å². The summed E-state index contributed by atoms with van der Waals surface area (Å²) >= 11 is 0. The second-order valence-electron chi connectivity index (χ2n) is 10.4. The van der Waals surface area contributed by atoms with E-state index in [1.54, 1.807) is 44.2 Å². The van der Waals surface area contributed by atoms with Crippen LogP contribution in [0.25, 0.3) is 5.70 Å². The summed E-state index contributed by atoms with van der Waals surface area (Å²) in [5.41, 5.74) is 0.894. The Morgan fingerprint density at radius 2 is 1.57 bits per heavy atom. The maximum Gasteiger partial charge on any atom is 0.334 e. The Balaban J connectivity index is 2.39. The highest BCUT2D eigenvalue weighted by molar-refractivity contribution is 5.99. The van der Waals surface area contributed by atoms with Gasteiger partial charge in [0.1, 0.15) is 12.6 Å². The number of hydrazine groups is 1. The van der Waals surface area contributed by atoms with Gasteiger partial charge in [0.05, 0.1) is 33.1 Å². The average Bonchev–Trinajstić information content (AvgIpc) is 3.00. The molecule has 0 saturated carbocycles. The summed E-state index contributed by atoms with van der Waals surface area (Å²) in [4.78, 5) is 54.7. The lowest BCUT2D eigenvalue weighted by molar-refractivity contribution is -0.175. The van der Waals surface area contributed by atoms with Gasteiger partial charge in [-0.05, 0) is 30.0 Å². The lowest BCUT2D eigenvalue weighted by atomic mass is 9.96. The molecule has 0 fully saturated rings. The Bertz CT molecular complexity index is 1370. The fraction of sp³-hybridized carbons (Fsp3) is 0.419. The topological polar surface area (TPSA) is 155 Å². The molecule has 1 aliphatic rings. The van der Waals surface area contributed by atoms with Crippen molar-refractivity contribution >= 4 is 29.4 Å². The molecule has 238 valence electrons. The first-order valence-electron chi connectivity index (χ1n) is 13.8. The van der Waals surface area contributed by atoms with Crippen LogP contribution in [0.4, 0.5) is 0 Å². The molecule has 0 saturated heterocycles. The molecule has 3 amide bonds. The molecular formula is C31H39N3O10. The quantitative estimate of drug-likeness (QED) is 0.343. The van der Waals surface area contributed by atoms with E-state index in [1.807, 2.05) is 0 Å². The van der Waals surface area contributed by atoms with Gasteiger partial charge in [-0.25, -0.2) is 14.8 Å². The minimum atomic E-state index is -2.08. The number of aliphatic hydroxyl groups is 1. The molecular weight excluding hydrogens is 574 g/mol. The molecule has 44 heavy (non-hydrogen) atoms. The van der Waals surface area contributed by atoms with E-state index in [0.717, 1.165) is 10.0 Å². The number of amides is 3. The molecule has 2 N–H and O–H groups in total. The number of hydrogen-bond donors (Lipinski definition) is 2. The van der Waals surface area contributed by atoms with Crippen LogP contribution in [0.3, 0.4) is 0 Å². The Morgan fingerprint density at radius 1 is 0.977 bits per heavy atom. The first-order chi connectivity index (χ1) is 20.9. The van der Waals surface area contributed by atoms with Crippen molar-refractivity contribution in [2.75, 3.05) is 35.0 Å². The fourth-order valence-corrected chi connectivity index (χ4v) is 5.18. The number of carbonyl (C=O) groups excluding carboxylic acids is 3. The van der Waals surface area contributed by atoms with Crippen LogP contribution in [0.15, 0.2) is 48.7 Å². The van der Waals surface area contributed by atoms with Gasteiger partial charge < -0.3 is 34.1 Å². The number of rotatable bonds is 13. The predicted molar refractivity (Wildman–Crippen MR) is 158 cm³/mol. The molecule has 1 heterocycles. The minimum Gasteiger partial charge on any atom is -0.493 e. The normalized spacial score (nSPS) is 16.2. The largest absolute Gasteiger partial charge is 0.493 e. The van der Waals surface area contributed by atoms with Crippen molar-refractivity contribution in [2.24, 2.45) is 5.92 Å². The van der Waals surface area contributed by atoms with Crippen LogP contribution in [0.2, 0.25) is 0 Å². The number of aliphatic carboxylic acids is 1. The summed E-state index contributed by atoms with van der Waals surface area (Å²) in [5, 5.41) is 22.8. The Hall–Kier alpha value is -4.62. The van der Waals surface area contributed by atoms with E-state index in [9.17, 15) is 29.4 Å². The first kappa shape index (κ1) is 33.9. The third-order valence-corrected chi connectivity index (χ3v) is 7.16. The van der Waals surface area contributed by atoms with Crippen LogP contribution >= 0.6 is 0 Å². The lowest BCUT2D eigenvalue weighted by Gasteiger charge is -2.47. The molecule has 2 aromatic rings. The second-order valence-corrected chi connectivity index (χ2v) is 10.4. The highest BCUT2D eigenvalue weighted by Crippen LogP contribution is 2.42. The van der Waals surface area contributed by atoms with Gasteiger partial charge >= 0.3 is 5.97 Å². The van der Waals surface area contributed by atoms with Gasteiger partial charge in [-0.1, -0.05) is 44.2 Å². The summed E-state index contributed by atoms with van der Waals surface area (Å²) < 4.78 is 21.5. The molecule has 0 aliphatic carbocycles. The van der Waals surface area contributed by atoms with Gasteiger partial charge in [-0.2, -0.15) is 0 Å². The third-order valence-electron chi connectivity index (χ3n) is 7.16. The highest BCUT2D eigenvalue weighted by Gasteiger charge is 2.47. The number of methoxy groups -OCH3 is 4. The molecule has 0 spiro atoms. The van der Waals surface area contributed by atoms with Gasteiger partial charge in [0.15, 0.2) is 17.6 Å². The number of carboxylic acid groups (broad SMARTS) is 1. The molecule has 2 aromatic carbocycles. The fourth-order valence-electron chi connectivity index (χ4n) is 5.18. The molecule has 13 heteroatoms. The van der Waals surface area contributed by atoms with Crippen molar-refractivity contribution in [1.29, 1.82) is 0 Å². The van der Waals surface area contributed by atoms with Crippen LogP contribution in [0.1, 0.15) is 31.9 Å². The minimum absolute atomic E-state index is 0.0152. The third kappa shape index (κ3) is 6.95. The van der Waals surface area contributed by atoms with Gasteiger partial charge in [0.25, 0.3) is 11.8 Å². The van der Waals surface area contributed by atoms with E-state index in [4.69, 9.17) is 18.9 Å². The van der Waals surface area contributed by atoms with Gasteiger partial charge in [0, 0.05) is 25.8 Å². The smallest absolute Gasteiger partial charge is 0.334 e. The number of ether oxygens (including phenoxy) is 4. The summed E-state index contributed by atoms with van der Waals surface area (Å²) in [6.45, 7) is 4.30. The Labute approximate surface area is 256 Å². The molecule has 0 aromatic heterocycles. The number of carbonyl (C=O) groups is 4. The van der Waals surface area contributed by atoms with E-state index in [-0.39, 0.29) is 41.5 Å². The lowest BCUT2D eigenvalue weighted by Crippen LogP contribution is -2.64. The summed E-state index contributed by atoms with van der Waals surface area (Å²) in [7, 11) is 5.59. The van der Waals surface area contributed by atoms with Gasteiger partial charge in [-0.15, -0.1) is 0 Å². The number of aliphatic hydroxyl groups excluding tert-OH is 1. The maximum absolute atomic E-state index is 14.5. The van der Waals surface area contributed by atoms with E-state index in [0.29, 0.717) is 5.56 Å². The highest BCUT2D eigenvalue weighted by atomic mass is 16.5. The van der Waals surface area contributed by atoms with Gasteiger partial charge in [0.2, 0.25) is 11.7 Å². The van der Waals surface area contributed by atoms with Crippen molar-refractivity contribution in [3.63, 3.8) is 0 Å². The number of carboxylic acids is 1. The second kappa shape index (κ2) is 14.7. The molecule has 0 bridgehead atoms. The van der Waals surface area contributed by atoms with Crippen LogP contribution < -0.4 is 14.2 Å². The Kier molecular flexibility index (Phi) is 11.3. The summed E-state index contributed by atoms with van der Waals surface area (Å²) in [6, 6.07) is 9.19. The van der Waals surface area contributed by atoms with Crippen molar-refractivity contribution in [1.82, 2.24) is 14.9 Å². The van der Waals surface area contributed by atoms with Crippen LogP contribution in [-0.2, 0) is 30.3 Å². The van der Waals surface area contributed by atoms with Crippen molar-refractivity contribution in [3.05, 3.63) is 59.8 Å². The zero-order valence-electron chi connectivity index (χ0n) is 25.8. The summed E-state index contributed by atoms with van der Waals surface area (Å²) in [6.07, 6.45) is -0.797. The molecule has 2 unspecified atom stereocenters. The van der Waals surface area contributed by atoms with E-state index in [1.165, 1.54) is 58.6 Å². The number of hydrogen-bond acceptors (Lipinski definition) is 9. The molecule has 3 rings (SSSR count). The van der Waals surface area contributed by atoms with Crippen LogP contribution in [0, 0.1) is 5.92 Å². The SMILES string of the molecule is COCC(=O)N1C=C(c2cc(OC)c(OC)c(OC)c2)N(N(C(C)=O)[C@@H](Cc2ccccc2)C(O)C(=O)O)C(=O)C1C(C)C. The molecule has 13 nitrogen and oxygen atoms in total. The zero-order valence-corrected chi connectivity index (χ0v) is 25.8. The van der Waals surface area contributed by atoms with E-state index < -0.39 is 47.8 Å². The Morgan fingerprint density at radius 3 is 2.02 bits per heavy atom. The van der Waals surface area contributed by atoms with Gasteiger partial charge in [-0.3, -0.25) is 14.4 Å². The van der Waals surface area contributed by atoms with Crippen LogP contribution in [0.5, 0.6) is 17.2 Å². The first-order valence-corrected chi connectivity index (χ1v) is 13.8. The number of nitrogens with zero attached hydrogens (tertiary/aromatic N) is 3. The van der Waals surface area contributed by atoms with E-state index >= 15 is 0 Å². The van der Waals surface area contributed by atoms with E-state index in [2.05, 4.69) is 0 Å². The molecule has 3 atom stereocenters. The molecule has 0 radical (unpaired) electrons. The monoisotopic (exact) mass is 613 g/mol. The standard InChI is InChI=1S/C31H39N3O10/c1-18(2)27-30(38)34(33(19(3)35)22(28(37)31(39)40)13-20-11-9-8-10-12-20)23(16-32(27)26(36)17-41-4)21-14-24(42-5)29(44-7)25(15-21)43-6/h8-12,14-16,18,22,27-28,37H,13,17H2,1-7H3,(H,39,40)/t22-,27?,28?/m0/s1.